The van der Waals surface area contributed by atoms with Gasteiger partial charge in [0.15, 0.2) is 0 Å². The van der Waals surface area contributed by atoms with E-state index >= 15 is 0 Å². The SMILES string of the molecule is CCCCC1(C)CCCC(=O)O1. The zero-order valence-electron chi connectivity index (χ0n) is 8.06. The Bertz CT molecular complexity index is 165. The minimum atomic E-state index is -0.147. The second-order valence-electron chi connectivity index (χ2n) is 3.88. The van der Waals surface area contributed by atoms with Crippen molar-refractivity contribution in [2.45, 2.75) is 58.0 Å². The Morgan fingerprint density at radius 1 is 1.58 bits per heavy atom. The molecule has 0 saturated carbocycles. The maximum absolute atomic E-state index is 11.0. The molecule has 0 radical (unpaired) electrons. The van der Waals surface area contributed by atoms with Crippen molar-refractivity contribution in [2.75, 3.05) is 0 Å². The standard InChI is InChI=1S/C10H18O2/c1-3-4-7-10(2)8-5-6-9(11)12-10/h3-8H2,1-2H3. The highest BCUT2D eigenvalue weighted by Gasteiger charge is 2.31. The second kappa shape index (κ2) is 3.92. The van der Waals surface area contributed by atoms with Gasteiger partial charge in [0.05, 0.1) is 0 Å². The summed E-state index contributed by atoms with van der Waals surface area (Å²) >= 11 is 0. The number of rotatable bonds is 3. The van der Waals surface area contributed by atoms with Crippen LogP contribution in [0.3, 0.4) is 0 Å². The molecule has 12 heavy (non-hydrogen) atoms. The molecule has 1 heterocycles. The molecule has 0 aromatic carbocycles. The van der Waals surface area contributed by atoms with Crippen LogP contribution in [0, 0.1) is 0 Å². The molecule has 1 aliphatic heterocycles. The van der Waals surface area contributed by atoms with Crippen molar-refractivity contribution in [1.82, 2.24) is 0 Å². The Morgan fingerprint density at radius 2 is 2.33 bits per heavy atom. The van der Waals surface area contributed by atoms with Crippen LogP contribution in [0.5, 0.6) is 0 Å². The molecule has 0 bridgehead atoms. The summed E-state index contributed by atoms with van der Waals surface area (Å²) in [5.74, 6) is -0.0140. The number of hydrogen-bond acceptors (Lipinski definition) is 2. The van der Waals surface area contributed by atoms with Crippen LogP contribution >= 0.6 is 0 Å². The largest absolute Gasteiger partial charge is 0.459 e. The first-order valence-corrected chi connectivity index (χ1v) is 4.88. The highest BCUT2D eigenvalue weighted by Crippen LogP contribution is 2.29. The van der Waals surface area contributed by atoms with Gasteiger partial charge >= 0.3 is 5.97 Å². The monoisotopic (exact) mass is 170 g/mol. The van der Waals surface area contributed by atoms with Crippen molar-refractivity contribution in [3.05, 3.63) is 0 Å². The van der Waals surface area contributed by atoms with Crippen molar-refractivity contribution < 1.29 is 9.53 Å². The fourth-order valence-corrected chi connectivity index (χ4v) is 1.71. The summed E-state index contributed by atoms with van der Waals surface area (Å²) in [6, 6.07) is 0. The van der Waals surface area contributed by atoms with E-state index in [0.717, 1.165) is 25.7 Å². The van der Waals surface area contributed by atoms with Crippen LogP contribution in [-0.2, 0) is 9.53 Å². The first-order chi connectivity index (χ1) is 5.66. The lowest BCUT2D eigenvalue weighted by molar-refractivity contribution is -0.165. The zero-order chi connectivity index (χ0) is 9.03. The average molecular weight is 170 g/mol. The van der Waals surface area contributed by atoms with Gasteiger partial charge in [-0.05, 0) is 32.6 Å². The van der Waals surface area contributed by atoms with Gasteiger partial charge in [0.1, 0.15) is 5.60 Å². The Morgan fingerprint density at radius 3 is 2.92 bits per heavy atom. The molecule has 1 saturated heterocycles. The fraction of sp³-hybridized carbons (Fsp3) is 0.900. The van der Waals surface area contributed by atoms with Gasteiger partial charge in [0.25, 0.3) is 0 Å². The number of unbranched alkanes of at least 4 members (excludes halogenated alkanes) is 1. The van der Waals surface area contributed by atoms with Crippen molar-refractivity contribution >= 4 is 5.97 Å². The van der Waals surface area contributed by atoms with Gasteiger partial charge in [-0.2, -0.15) is 0 Å². The molecular formula is C10H18O2. The summed E-state index contributed by atoms with van der Waals surface area (Å²) in [4.78, 5) is 11.0. The van der Waals surface area contributed by atoms with Gasteiger partial charge in [-0.1, -0.05) is 13.3 Å². The lowest BCUT2D eigenvalue weighted by atomic mass is 9.90. The summed E-state index contributed by atoms with van der Waals surface area (Å²) in [6.07, 6.45) is 6.01. The Kier molecular flexibility index (Phi) is 3.12. The Balaban J connectivity index is 2.40. The van der Waals surface area contributed by atoms with Gasteiger partial charge in [-0.3, -0.25) is 4.79 Å². The number of cyclic esters (lactones) is 1. The molecule has 2 nitrogen and oxygen atoms in total. The third-order valence-corrected chi connectivity index (χ3v) is 2.51. The molecule has 1 atom stereocenters. The van der Waals surface area contributed by atoms with Crippen LogP contribution < -0.4 is 0 Å². The Labute approximate surface area is 74.3 Å². The highest BCUT2D eigenvalue weighted by molar-refractivity contribution is 5.70. The van der Waals surface area contributed by atoms with E-state index in [1.54, 1.807) is 0 Å². The molecule has 0 amide bonds. The molecule has 2 heteroatoms. The minimum Gasteiger partial charge on any atom is -0.459 e. The first-order valence-electron chi connectivity index (χ1n) is 4.88. The summed E-state index contributed by atoms with van der Waals surface area (Å²) in [5, 5.41) is 0. The maximum atomic E-state index is 11.0. The molecule has 1 fully saturated rings. The lowest BCUT2D eigenvalue weighted by Gasteiger charge is -2.33. The number of esters is 1. The van der Waals surface area contributed by atoms with Crippen LogP contribution in [-0.4, -0.2) is 11.6 Å². The average Bonchev–Trinajstić information content (AvgIpc) is 2.01. The molecule has 0 aliphatic carbocycles. The predicted octanol–water partition coefficient (Wildman–Crippen LogP) is 2.66. The topological polar surface area (TPSA) is 26.3 Å². The third-order valence-electron chi connectivity index (χ3n) is 2.51. The van der Waals surface area contributed by atoms with Gasteiger partial charge < -0.3 is 4.74 Å². The van der Waals surface area contributed by atoms with E-state index in [1.807, 2.05) is 0 Å². The van der Waals surface area contributed by atoms with Crippen molar-refractivity contribution in [3.8, 4) is 0 Å². The van der Waals surface area contributed by atoms with Gasteiger partial charge in [0.2, 0.25) is 0 Å². The molecular weight excluding hydrogens is 152 g/mol. The van der Waals surface area contributed by atoms with Crippen molar-refractivity contribution in [2.24, 2.45) is 0 Å². The molecule has 1 rings (SSSR count). The normalized spacial score (nSPS) is 30.0. The summed E-state index contributed by atoms with van der Waals surface area (Å²) < 4.78 is 5.34. The van der Waals surface area contributed by atoms with Crippen molar-refractivity contribution in [3.63, 3.8) is 0 Å². The van der Waals surface area contributed by atoms with E-state index in [2.05, 4.69) is 13.8 Å². The summed E-state index contributed by atoms with van der Waals surface area (Å²) in [6.45, 7) is 4.22. The molecule has 1 unspecified atom stereocenters. The molecule has 0 N–H and O–H groups in total. The number of carbonyl (C=O) groups excluding carboxylic acids is 1. The van der Waals surface area contributed by atoms with Crippen LogP contribution in [0.4, 0.5) is 0 Å². The number of hydrogen-bond donors (Lipinski definition) is 0. The molecule has 0 aromatic heterocycles. The highest BCUT2D eigenvalue weighted by atomic mass is 16.6. The van der Waals surface area contributed by atoms with Gasteiger partial charge in [0, 0.05) is 6.42 Å². The van der Waals surface area contributed by atoms with E-state index in [1.165, 1.54) is 6.42 Å². The fourth-order valence-electron chi connectivity index (χ4n) is 1.71. The van der Waals surface area contributed by atoms with E-state index in [9.17, 15) is 4.79 Å². The van der Waals surface area contributed by atoms with E-state index in [4.69, 9.17) is 4.74 Å². The van der Waals surface area contributed by atoms with Crippen LogP contribution in [0.15, 0.2) is 0 Å². The van der Waals surface area contributed by atoms with E-state index < -0.39 is 0 Å². The minimum absolute atomic E-state index is 0.0140. The third kappa shape index (κ3) is 2.50. The second-order valence-corrected chi connectivity index (χ2v) is 3.88. The summed E-state index contributed by atoms with van der Waals surface area (Å²) in [7, 11) is 0. The first kappa shape index (κ1) is 9.56. The van der Waals surface area contributed by atoms with E-state index in [0.29, 0.717) is 6.42 Å². The number of ether oxygens (including phenoxy) is 1. The van der Waals surface area contributed by atoms with E-state index in [-0.39, 0.29) is 11.6 Å². The van der Waals surface area contributed by atoms with Gasteiger partial charge in [-0.25, -0.2) is 0 Å². The Hall–Kier alpha value is -0.530. The predicted molar refractivity (Wildman–Crippen MR) is 47.9 cm³/mol. The lowest BCUT2D eigenvalue weighted by Crippen LogP contribution is -2.35. The molecule has 0 spiro atoms. The van der Waals surface area contributed by atoms with Crippen LogP contribution in [0.1, 0.15) is 52.4 Å². The molecule has 1 aliphatic rings. The molecule has 70 valence electrons. The van der Waals surface area contributed by atoms with Crippen LogP contribution in [0.2, 0.25) is 0 Å². The maximum Gasteiger partial charge on any atom is 0.306 e. The van der Waals surface area contributed by atoms with Gasteiger partial charge in [-0.15, -0.1) is 0 Å². The smallest absolute Gasteiger partial charge is 0.306 e. The van der Waals surface area contributed by atoms with Crippen molar-refractivity contribution in [1.29, 1.82) is 0 Å². The number of carbonyl (C=O) groups is 1. The summed E-state index contributed by atoms with van der Waals surface area (Å²) in [5.41, 5.74) is -0.147. The molecule has 0 aromatic rings. The van der Waals surface area contributed by atoms with Crippen LogP contribution in [0.25, 0.3) is 0 Å². The zero-order valence-corrected chi connectivity index (χ0v) is 8.06. The quantitative estimate of drug-likeness (QED) is 0.609.